The van der Waals surface area contributed by atoms with E-state index in [4.69, 9.17) is 16.0 Å². The van der Waals surface area contributed by atoms with Crippen LogP contribution >= 0.6 is 11.8 Å². The van der Waals surface area contributed by atoms with Gasteiger partial charge in [-0.05, 0) is 60.2 Å². The second-order valence-electron chi connectivity index (χ2n) is 9.72. The lowest BCUT2D eigenvalue weighted by molar-refractivity contribution is -0.133. The Morgan fingerprint density at radius 2 is 2.09 bits per heavy atom. The molecule has 178 valence electrons. The third-order valence-corrected chi connectivity index (χ3v) is 8.94. The minimum absolute atomic E-state index is 0.0136. The van der Waals surface area contributed by atoms with Crippen LogP contribution in [0.5, 0.6) is 0 Å². The number of carbonyl (C=O) groups is 1. The van der Waals surface area contributed by atoms with Crippen LogP contribution in [0.15, 0.2) is 41.5 Å². The van der Waals surface area contributed by atoms with Crippen LogP contribution in [0.4, 0.5) is 8.78 Å². The predicted molar refractivity (Wildman–Crippen MR) is 131 cm³/mol. The summed E-state index contributed by atoms with van der Waals surface area (Å²) < 4.78 is 27.9. The van der Waals surface area contributed by atoms with Gasteiger partial charge in [0.2, 0.25) is 5.91 Å². The summed E-state index contributed by atoms with van der Waals surface area (Å²) in [7, 11) is 0. The molecule has 2 fully saturated rings. The zero-order chi connectivity index (χ0) is 24.4. The fourth-order valence-electron chi connectivity index (χ4n) is 5.75. The minimum atomic E-state index is -0.839. The number of nitrogens with two attached hydrogens (primary N) is 1. The molecule has 6 rings (SSSR count). The number of aliphatic imine (C=N–C) groups is 1. The lowest BCUT2D eigenvalue weighted by atomic mass is 9.66. The van der Waals surface area contributed by atoms with Gasteiger partial charge < -0.3 is 10.6 Å². The molecule has 0 unspecified atom stereocenters. The lowest BCUT2D eigenvalue weighted by Gasteiger charge is -2.45. The first-order valence-electron chi connectivity index (χ1n) is 11.7. The molecule has 1 saturated carbocycles. The maximum Gasteiger partial charge on any atom is 0.239 e. The van der Waals surface area contributed by atoms with Gasteiger partial charge in [-0.25, -0.2) is 8.78 Å². The van der Waals surface area contributed by atoms with Crippen molar-refractivity contribution in [1.29, 1.82) is 5.26 Å². The molecular weight excluding hydrogens is 468 g/mol. The molecule has 4 aliphatic rings. The molecule has 1 spiro atoms. The number of thioether (sulfide) groups is 1. The molecule has 1 amide bonds. The Hall–Kier alpha value is -3.25. The van der Waals surface area contributed by atoms with E-state index in [0.717, 1.165) is 11.1 Å². The quantitative estimate of drug-likeness (QED) is 0.702. The van der Waals surface area contributed by atoms with E-state index in [1.165, 1.54) is 36.2 Å². The van der Waals surface area contributed by atoms with Gasteiger partial charge in [0.15, 0.2) is 5.17 Å². The van der Waals surface area contributed by atoms with Crippen LogP contribution in [0, 0.1) is 17.2 Å². The number of fused-ring (bicyclic) bond motifs is 4. The Kier molecular flexibility index (Phi) is 5.01. The molecule has 35 heavy (non-hydrogen) atoms. The molecule has 0 radical (unpaired) electrons. The molecule has 2 aliphatic heterocycles. The van der Waals surface area contributed by atoms with Crippen molar-refractivity contribution in [3.63, 3.8) is 0 Å². The number of rotatable bonds is 3. The van der Waals surface area contributed by atoms with E-state index in [0.29, 0.717) is 55.1 Å². The van der Waals surface area contributed by atoms with Crippen LogP contribution in [0.1, 0.15) is 47.2 Å². The third-order valence-electron chi connectivity index (χ3n) is 7.65. The molecule has 3 atom stereocenters. The summed E-state index contributed by atoms with van der Waals surface area (Å²) in [5.74, 6) is -0.448. The summed E-state index contributed by atoms with van der Waals surface area (Å²) in [6, 6.07) is 10.7. The van der Waals surface area contributed by atoms with E-state index in [1.54, 1.807) is 4.90 Å². The molecule has 2 N–H and O–H groups in total. The number of carbonyl (C=O) groups excluding carboxylic acids is 1. The van der Waals surface area contributed by atoms with Gasteiger partial charge in [0.05, 0.1) is 16.8 Å². The van der Waals surface area contributed by atoms with Crippen molar-refractivity contribution < 1.29 is 13.6 Å². The van der Waals surface area contributed by atoms with E-state index in [2.05, 4.69) is 4.98 Å². The SMILES string of the molecule is N#Cc1ccc(/C(F)=C/c2ccc3c(c2)[C@@]2(C3)N=C(N)S[C@@]3(C(=O)N4CCC(F)CC4)C[C@H]32)nc1. The Balaban J connectivity index is 1.29. The van der Waals surface area contributed by atoms with Crippen LogP contribution < -0.4 is 5.73 Å². The number of halogens is 2. The van der Waals surface area contributed by atoms with Gasteiger partial charge >= 0.3 is 0 Å². The Labute approximate surface area is 205 Å². The number of pyridine rings is 1. The maximum atomic E-state index is 14.9. The van der Waals surface area contributed by atoms with Gasteiger partial charge in [-0.2, -0.15) is 5.26 Å². The number of alkyl halides is 1. The highest BCUT2D eigenvalue weighted by Gasteiger charge is 2.74. The number of hydrogen-bond acceptors (Lipinski definition) is 6. The van der Waals surface area contributed by atoms with Crippen molar-refractivity contribution in [1.82, 2.24) is 9.88 Å². The second kappa shape index (κ2) is 7.89. The molecule has 9 heteroatoms. The summed E-state index contributed by atoms with van der Waals surface area (Å²) >= 11 is 1.35. The highest BCUT2D eigenvalue weighted by Crippen LogP contribution is 2.70. The second-order valence-corrected chi connectivity index (χ2v) is 11.1. The number of nitrogens with zero attached hydrogens (tertiary/aromatic N) is 4. The van der Waals surface area contributed by atoms with Crippen molar-refractivity contribution in [3.8, 4) is 6.07 Å². The number of amides is 1. The predicted octanol–water partition coefficient (Wildman–Crippen LogP) is 3.95. The fourth-order valence-corrected chi connectivity index (χ4v) is 7.13. The average molecular weight is 492 g/mol. The first-order chi connectivity index (χ1) is 16.8. The maximum absolute atomic E-state index is 14.9. The van der Waals surface area contributed by atoms with E-state index < -0.39 is 22.3 Å². The smallest absolute Gasteiger partial charge is 0.239 e. The largest absolute Gasteiger partial charge is 0.378 e. The van der Waals surface area contributed by atoms with Crippen molar-refractivity contribution in [2.45, 2.75) is 42.1 Å². The van der Waals surface area contributed by atoms with Crippen LogP contribution in [0.3, 0.4) is 0 Å². The first-order valence-corrected chi connectivity index (χ1v) is 12.5. The number of piperidine rings is 1. The van der Waals surface area contributed by atoms with Crippen molar-refractivity contribution in [3.05, 3.63) is 64.5 Å². The highest BCUT2D eigenvalue weighted by atomic mass is 32.2. The number of benzene rings is 1. The summed E-state index contributed by atoms with van der Waals surface area (Å²) in [5, 5.41) is 9.30. The molecule has 3 heterocycles. The molecule has 1 aromatic heterocycles. The van der Waals surface area contributed by atoms with E-state index >= 15 is 0 Å². The highest BCUT2D eigenvalue weighted by molar-refractivity contribution is 8.15. The van der Waals surface area contributed by atoms with Crippen molar-refractivity contribution >= 4 is 34.7 Å². The minimum Gasteiger partial charge on any atom is -0.378 e. The molecule has 1 aromatic carbocycles. The van der Waals surface area contributed by atoms with Crippen LogP contribution in [-0.4, -0.2) is 45.0 Å². The molecule has 6 nitrogen and oxygen atoms in total. The number of hydrogen-bond donors (Lipinski definition) is 1. The average Bonchev–Trinajstić information content (AvgIpc) is 3.60. The summed E-state index contributed by atoms with van der Waals surface area (Å²) in [4.78, 5) is 24.1. The zero-order valence-corrected chi connectivity index (χ0v) is 19.7. The Bertz CT molecular complexity index is 1330. The molecule has 2 aromatic rings. The monoisotopic (exact) mass is 491 g/mol. The summed E-state index contributed by atoms with van der Waals surface area (Å²) in [6.45, 7) is 0.876. The standard InChI is InChI=1S/C26H23F2N5OS/c27-18-5-7-33(8-6-18)23(34)26-12-22(26)25(32-24(30)35-26)11-17-3-1-15(9-19(17)25)10-20(28)21-4-2-16(13-29)14-31-21/h1-4,9-10,14,18,22H,5-8,11-12H2,(H2,30,32)/b20-10-/t22-,25+,26-/m0/s1. The number of amidine groups is 1. The van der Waals surface area contributed by atoms with E-state index in [9.17, 15) is 13.6 Å². The molecule has 0 bridgehead atoms. The van der Waals surface area contributed by atoms with Crippen LogP contribution in [0.25, 0.3) is 11.9 Å². The summed E-state index contributed by atoms with van der Waals surface area (Å²) in [5.41, 5.74) is 8.98. The topological polar surface area (TPSA) is 95.4 Å². The van der Waals surface area contributed by atoms with E-state index in [-0.39, 0.29) is 17.5 Å². The van der Waals surface area contributed by atoms with Gasteiger partial charge in [0, 0.05) is 31.6 Å². The van der Waals surface area contributed by atoms with Gasteiger partial charge in [0.25, 0.3) is 0 Å². The Morgan fingerprint density at radius 3 is 2.80 bits per heavy atom. The lowest BCUT2D eigenvalue weighted by Crippen LogP contribution is -2.51. The number of nitriles is 1. The van der Waals surface area contributed by atoms with Crippen LogP contribution in [0.2, 0.25) is 0 Å². The van der Waals surface area contributed by atoms with Gasteiger partial charge in [-0.1, -0.05) is 23.9 Å². The first kappa shape index (κ1) is 22.2. The number of likely N-dealkylation sites (tertiary alicyclic amines) is 1. The molecule has 1 saturated heterocycles. The fraction of sp³-hybridized carbons (Fsp3) is 0.385. The molecule has 2 aliphatic carbocycles. The van der Waals surface area contributed by atoms with Gasteiger partial charge in [-0.15, -0.1) is 0 Å². The normalized spacial score (nSPS) is 29.5. The summed E-state index contributed by atoms with van der Waals surface area (Å²) in [6.07, 6.45) is 4.05. The Morgan fingerprint density at radius 1 is 1.29 bits per heavy atom. The van der Waals surface area contributed by atoms with E-state index in [1.807, 2.05) is 24.3 Å². The zero-order valence-electron chi connectivity index (χ0n) is 18.9. The van der Waals surface area contributed by atoms with Gasteiger partial charge in [0.1, 0.15) is 22.8 Å². The third kappa shape index (κ3) is 3.46. The molecular formula is C26H23F2N5OS. The van der Waals surface area contributed by atoms with Gasteiger partial charge in [-0.3, -0.25) is 14.8 Å². The van der Waals surface area contributed by atoms with Crippen molar-refractivity contribution in [2.24, 2.45) is 16.6 Å². The number of aromatic nitrogens is 1. The van der Waals surface area contributed by atoms with Crippen LogP contribution in [-0.2, 0) is 16.8 Å². The van der Waals surface area contributed by atoms with Crippen molar-refractivity contribution in [2.75, 3.05) is 13.1 Å².